The van der Waals surface area contributed by atoms with Crippen molar-refractivity contribution in [3.63, 3.8) is 0 Å². The van der Waals surface area contributed by atoms with Crippen molar-refractivity contribution in [2.75, 3.05) is 14.1 Å². The second-order valence-corrected chi connectivity index (χ2v) is 9.90. The van der Waals surface area contributed by atoms with Gasteiger partial charge in [-0.25, -0.2) is 0 Å². The van der Waals surface area contributed by atoms with Gasteiger partial charge < -0.3 is 4.90 Å². The van der Waals surface area contributed by atoms with Crippen LogP contribution in [-0.4, -0.2) is 25.0 Å². The first-order chi connectivity index (χ1) is 15.2. The second kappa shape index (κ2) is 25.7. The van der Waals surface area contributed by atoms with Crippen LogP contribution in [0, 0.1) is 0 Å². The Balaban J connectivity index is 3.37. The van der Waals surface area contributed by atoms with Crippen molar-refractivity contribution in [2.24, 2.45) is 0 Å². The first-order valence-corrected chi connectivity index (χ1v) is 14.2. The normalized spacial score (nSPS) is 13.2. The molecule has 0 radical (unpaired) electrons. The molecule has 0 aromatic heterocycles. The summed E-state index contributed by atoms with van der Waals surface area (Å²) >= 11 is 0. The minimum atomic E-state index is 0.813. The highest BCUT2D eigenvalue weighted by Crippen LogP contribution is 2.17. The molecule has 0 bridgehead atoms. The lowest BCUT2D eigenvalue weighted by atomic mass is 9.99. The van der Waals surface area contributed by atoms with Crippen molar-refractivity contribution in [3.05, 3.63) is 24.3 Å². The largest absolute Gasteiger partial charge is 0.306 e. The van der Waals surface area contributed by atoms with Gasteiger partial charge in [-0.2, -0.15) is 0 Å². The molecular weight excluding hydrogens is 374 g/mol. The van der Waals surface area contributed by atoms with Gasteiger partial charge >= 0.3 is 0 Å². The Morgan fingerprint density at radius 1 is 0.484 bits per heavy atom. The lowest BCUT2D eigenvalue weighted by molar-refractivity contribution is 0.251. The van der Waals surface area contributed by atoms with Crippen LogP contribution in [0.25, 0.3) is 0 Å². The van der Waals surface area contributed by atoms with E-state index in [-0.39, 0.29) is 0 Å². The van der Waals surface area contributed by atoms with Gasteiger partial charge in [0.1, 0.15) is 0 Å². The van der Waals surface area contributed by atoms with Gasteiger partial charge in [-0.05, 0) is 59.0 Å². The Bertz CT molecular complexity index is 382. The Hall–Kier alpha value is -0.560. The molecule has 0 heterocycles. The van der Waals surface area contributed by atoms with Crippen LogP contribution in [-0.2, 0) is 0 Å². The highest BCUT2D eigenvalue weighted by atomic mass is 15.1. The maximum Gasteiger partial charge on any atom is 0.00891 e. The number of rotatable bonds is 24. The molecule has 1 nitrogen and oxygen atoms in total. The summed E-state index contributed by atoms with van der Waals surface area (Å²) in [5.74, 6) is 0. The van der Waals surface area contributed by atoms with Gasteiger partial charge in [0.05, 0.1) is 0 Å². The molecule has 0 aliphatic heterocycles. The van der Waals surface area contributed by atoms with Crippen molar-refractivity contribution in [3.8, 4) is 0 Å². The standard InChI is InChI=1S/C30H59N/c1-5-7-9-11-12-13-14-15-16-17-18-19-20-21-22-23-24-25-27-29-30(31(3)4)28-26-10-8-6-2/h12-13,15-16,30H,5-11,14,17-29H2,1-4H3/b13-12-,16-15?. The zero-order valence-corrected chi connectivity index (χ0v) is 22.2. The molecule has 0 spiro atoms. The molecule has 0 aromatic rings. The molecule has 0 rings (SSSR count). The van der Waals surface area contributed by atoms with Crippen LogP contribution in [0.5, 0.6) is 0 Å². The molecular formula is C30H59N. The molecule has 1 unspecified atom stereocenters. The summed E-state index contributed by atoms with van der Waals surface area (Å²) in [7, 11) is 4.54. The monoisotopic (exact) mass is 433 g/mol. The van der Waals surface area contributed by atoms with E-state index >= 15 is 0 Å². The molecule has 0 aromatic carbocycles. The van der Waals surface area contributed by atoms with Crippen molar-refractivity contribution < 1.29 is 0 Å². The second-order valence-electron chi connectivity index (χ2n) is 9.90. The van der Waals surface area contributed by atoms with Crippen LogP contribution in [0.3, 0.4) is 0 Å². The highest BCUT2D eigenvalue weighted by Gasteiger charge is 2.10. The Morgan fingerprint density at radius 3 is 1.35 bits per heavy atom. The average molecular weight is 434 g/mol. The first kappa shape index (κ1) is 30.4. The number of nitrogens with zero attached hydrogens (tertiary/aromatic N) is 1. The Morgan fingerprint density at radius 2 is 0.871 bits per heavy atom. The van der Waals surface area contributed by atoms with E-state index in [1.807, 2.05) is 0 Å². The number of unbranched alkanes of at least 4 members (excludes halogenated alkanes) is 15. The number of hydrogen-bond donors (Lipinski definition) is 0. The smallest absolute Gasteiger partial charge is 0.00891 e. The van der Waals surface area contributed by atoms with Crippen LogP contribution >= 0.6 is 0 Å². The Labute approximate surface area is 198 Å². The van der Waals surface area contributed by atoms with Gasteiger partial charge in [-0.3, -0.25) is 0 Å². The van der Waals surface area contributed by atoms with Crippen LogP contribution in [0.2, 0.25) is 0 Å². The van der Waals surface area contributed by atoms with Crippen LogP contribution in [0.4, 0.5) is 0 Å². The van der Waals surface area contributed by atoms with Crippen LogP contribution in [0.1, 0.15) is 149 Å². The number of hydrogen-bond acceptors (Lipinski definition) is 1. The van der Waals surface area contributed by atoms with E-state index in [2.05, 4.69) is 57.1 Å². The summed E-state index contributed by atoms with van der Waals surface area (Å²) in [5, 5.41) is 0. The molecule has 0 N–H and O–H groups in total. The predicted octanol–water partition coefficient (Wildman–Crippen LogP) is 10.3. The fourth-order valence-corrected chi connectivity index (χ4v) is 4.37. The topological polar surface area (TPSA) is 3.24 Å². The van der Waals surface area contributed by atoms with Gasteiger partial charge in [0.25, 0.3) is 0 Å². The number of allylic oxidation sites excluding steroid dienone is 4. The molecule has 0 aliphatic carbocycles. The van der Waals surface area contributed by atoms with E-state index in [0.29, 0.717) is 0 Å². The quantitative estimate of drug-likeness (QED) is 0.108. The zero-order valence-electron chi connectivity index (χ0n) is 22.2. The Kier molecular flexibility index (Phi) is 25.2. The van der Waals surface area contributed by atoms with E-state index in [1.54, 1.807) is 0 Å². The summed E-state index contributed by atoms with van der Waals surface area (Å²) in [6.07, 6.45) is 38.4. The summed E-state index contributed by atoms with van der Waals surface area (Å²) < 4.78 is 0. The van der Waals surface area contributed by atoms with Crippen molar-refractivity contribution in [2.45, 2.75) is 155 Å². The zero-order chi connectivity index (χ0) is 22.8. The van der Waals surface area contributed by atoms with E-state index < -0.39 is 0 Å². The fraction of sp³-hybridized carbons (Fsp3) is 0.867. The fourth-order valence-electron chi connectivity index (χ4n) is 4.37. The van der Waals surface area contributed by atoms with E-state index in [1.165, 1.54) is 128 Å². The molecule has 0 saturated carbocycles. The maximum atomic E-state index is 2.46. The van der Waals surface area contributed by atoms with Gasteiger partial charge in [-0.1, -0.05) is 128 Å². The third-order valence-corrected chi connectivity index (χ3v) is 6.61. The maximum absolute atomic E-state index is 2.46. The van der Waals surface area contributed by atoms with Crippen molar-refractivity contribution in [1.29, 1.82) is 0 Å². The van der Waals surface area contributed by atoms with Crippen molar-refractivity contribution >= 4 is 0 Å². The van der Waals surface area contributed by atoms with E-state index in [9.17, 15) is 0 Å². The van der Waals surface area contributed by atoms with Crippen LogP contribution in [0.15, 0.2) is 24.3 Å². The lowest BCUT2D eigenvalue weighted by Gasteiger charge is -2.24. The van der Waals surface area contributed by atoms with Gasteiger partial charge in [-0.15, -0.1) is 0 Å². The van der Waals surface area contributed by atoms with E-state index in [0.717, 1.165) is 12.5 Å². The molecule has 0 amide bonds. The minimum Gasteiger partial charge on any atom is -0.306 e. The molecule has 0 fully saturated rings. The van der Waals surface area contributed by atoms with E-state index in [4.69, 9.17) is 0 Å². The van der Waals surface area contributed by atoms with Crippen molar-refractivity contribution in [1.82, 2.24) is 4.90 Å². The SMILES string of the molecule is CCCCC/C=C\CC=CCCCCCCCCCCCC(CCCCCC)N(C)C. The highest BCUT2D eigenvalue weighted by molar-refractivity contribution is 4.92. The minimum absolute atomic E-state index is 0.813. The molecule has 1 heteroatoms. The molecule has 184 valence electrons. The summed E-state index contributed by atoms with van der Waals surface area (Å²) in [5.41, 5.74) is 0. The predicted molar refractivity (Wildman–Crippen MR) is 144 cm³/mol. The third kappa shape index (κ3) is 23.9. The van der Waals surface area contributed by atoms with Crippen LogP contribution < -0.4 is 0 Å². The summed E-state index contributed by atoms with van der Waals surface area (Å²) in [6, 6.07) is 0.813. The average Bonchev–Trinajstić information content (AvgIpc) is 2.76. The lowest BCUT2D eigenvalue weighted by Crippen LogP contribution is -2.27. The van der Waals surface area contributed by atoms with Gasteiger partial charge in [0.2, 0.25) is 0 Å². The first-order valence-electron chi connectivity index (χ1n) is 14.2. The summed E-state index contributed by atoms with van der Waals surface area (Å²) in [4.78, 5) is 2.46. The third-order valence-electron chi connectivity index (χ3n) is 6.61. The molecule has 0 aliphatic rings. The molecule has 0 saturated heterocycles. The molecule has 1 atom stereocenters. The molecule has 31 heavy (non-hydrogen) atoms. The summed E-state index contributed by atoms with van der Waals surface area (Å²) in [6.45, 7) is 4.57. The van der Waals surface area contributed by atoms with Gasteiger partial charge in [0, 0.05) is 6.04 Å². The van der Waals surface area contributed by atoms with Gasteiger partial charge in [0.15, 0.2) is 0 Å².